The molecular formula is C16H17FN2O3S2. The molecule has 0 unspecified atom stereocenters. The number of halogens is 1. The maximum Gasteiger partial charge on any atom is 0.326 e. The fourth-order valence-electron chi connectivity index (χ4n) is 2.04. The molecule has 0 bridgehead atoms. The minimum atomic E-state index is -1.06. The topological polar surface area (TPSA) is 79.3 Å². The third-order valence-electron chi connectivity index (χ3n) is 3.31. The summed E-state index contributed by atoms with van der Waals surface area (Å²) in [7, 11) is 0. The van der Waals surface area contributed by atoms with E-state index in [1.165, 1.54) is 23.9 Å². The van der Waals surface area contributed by atoms with Crippen LogP contribution in [0.1, 0.15) is 21.8 Å². The van der Waals surface area contributed by atoms with Crippen LogP contribution in [0.25, 0.3) is 10.6 Å². The number of hydrogen-bond donors (Lipinski definition) is 2. The van der Waals surface area contributed by atoms with Crippen molar-refractivity contribution < 1.29 is 19.1 Å². The summed E-state index contributed by atoms with van der Waals surface area (Å²) in [5.41, 5.74) is 1.23. The number of carboxylic acids is 1. The molecule has 5 nitrogen and oxygen atoms in total. The molecule has 0 saturated carbocycles. The van der Waals surface area contributed by atoms with E-state index in [-0.39, 0.29) is 5.82 Å². The van der Waals surface area contributed by atoms with Crippen LogP contribution < -0.4 is 5.32 Å². The zero-order valence-corrected chi connectivity index (χ0v) is 14.8. The van der Waals surface area contributed by atoms with Crippen molar-refractivity contribution in [2.45, 2.75) is 19.4 Å². The lowest BCUT2D eigenvalue weighted by atomic mass is 10.2. The summed E-state index contributed by atoms with van der Waals surface area (Å²) >= 11 is 2.68. The van der Waals surface area contributed by atoms with Gasteiger partial charge in [0.15, 0.2) is 0 Å². The Hall–Kier alpha value is -1.93. The van der Waals surface area contributed by atoms with Crippen molar-refractivity contribution in [3.05, 3.63) is 40.7 Å². The Morgan fingerprint density at radius 2 is 2.04 bits per heavy atom. The Morgan fingerprint density at radius 1 is 1.38 bits per heavy atom. The molecule has 2 rings (SSSR count). The molecule has 2 N–H and O–H groups in total. The molecular weight excluding hydrogens is 351 g/mol. The monoisotopic (exact) mass is 368 g/mol. The lowest BCUT2D eigenvalue weighted by Crippen LogP contribution is -2.41. The first-order valence-electron chi connectivity index (χ1n) is 7.18. The fraction of sp³-hybridized carbons (Fsp3) is 0.312. The summed E-state index contributed by atoms with van der Waals surface area (Å²) in [6, 6.07) is 4.91. The van der Waals surface area contributed by atoms with Gasteiger partial charge in [-0.1, -0.05) is 0 Å². The van der Waals surface area contributed by atoms with Gasteiger partial charge in [-0.15, -0.1) is 11.3 Å². The largest absolute Gasteiger partial charge is 0.480 e. The zero-order valence-electron chi connectivity index (χ0n) is 13.2. The van der Waals surface area contributed by atoms with Crippen molar-refractivity contribution >= 4 is 35.0 Å². The number of aliphatic carboxylic acids is 1. The van der Waals surface area contributed by atoms with Crippen molar-refractivity contribution in [3.63, 3.8) is 0 Å². The number of nitrogens with zero attached hydrogens (tertiary/aromatic N) is 1. The molecule has 0 saturated heterocycles. The lowest BCUT2D eigenvalue weighted by Gasteiger charge is -2.13. The summed E-state index contributed by atoms with van der Waals surface area (Å²) in [5, 5.41) is 12.3. The molecule has 0 aliphatic heterocycles. The molecule has 24 heavy (non-hydrogen) atoms. The summed E-state index contributed by atoms with van der Waals surface area (Å²) < 4.78 is 13.0. The van der Waals surface area contributed by atoms with E-state index in [4.69, 9.17) is 0 Å². The first-order chi connectivity index (χ1) is 11.4. The Labute approximate surface area is 147 Å². The highest BCUT2D eigenvalue weighted by molar-refractivity contribution is 7.98. The lowest BCUT2D eigenvalue weighted by molar-refractivity contribution is -0.139. The molecule has 1 heterocycles. The van der Waals surface area contributed by atoms with E-state index in [0.29, 0.717) is 33.3 Å². The van der Waals surface area contributed by atoms with Crippen molar-refractivity contribution in [1.82, 2.24) is 10.3 Å². The average Bonchev–Trinajstić information content (AvgIpc) is 2.93. The number of benzene rings is 1. The Bertz CT molecular complexity index is 731. The van der Waals surface area contributed by atoms with Gasteiger partial charge in [-0.2, -0.15) is 11.8 Å². The van der Waals surface area contributed by atoms with Gasteiger partial charge in [0.2, 0.25) is 0 Å². The third-order valence-corrected chi connectivity index (χ3v) is 5.16. The quantitative estimate of drug-likeness (QED) is 0.785. The molecule has 0 aliphatic rings. The number of nitrogens with one attached hydrogen (secondary N) is 1. The smallest absolute Gasteiger partial charge is 0.326 e. The molecule has 1 aromatic heterocycles. The number of thioether (sulfide) groups is 1. The summed E-state index contributed by atoms with van der Waals surface area (Å²) in [6.07, 6.45) is 2.23. The number of amides is 1. The molecule has 0 radical (unpaired) electrons. The number of carboxylic acid groups (broad SMARTS) is 1. The number of hydrogen-bond acceptors (Lipinski definition) is 5. The normalized spacial score (nSPS) is 12.0. The molecule has 2 aromatic rings. The van der Waals surface area contributed by atoms with Gasteiger partial charge in [0, 0.05) is 5.56 Å². The number of carbonyl (C=O) groups excluding carboxylic acids is 1. The van der Waals surface area contributed by atoms with Crippen LogP contribution in [0.3, 0.4) is 0 Å². The van der Waals surface area contributed by atoms with E-state index in [2.05, 4.69) is 10.3 Å². The summed E-state index contributed by atoms with van der Waals surface area (Å²) in [6.45, 7) is 1.69. The van der Waals surface area contributed by atoms with Gasteiger partial charge in [-0.3, -0.25) is 4.79 Å². The molecule has 1 atom stereocenters. The molecule has 1 amide bonds. The second-order valence-corrected chi connectivity index (χ2v) is 7.07. The van der Waals surface area contributed by atoms with E-state index in [1.54, 1.807) is 19.1 Å². The number of rotatable bonds is 7. The van der Waals surface area contributed by atoms with Gasteiger partial charge in [-0.05, 0) is 49.6 Å². The van der Waals surface area contributed by atoms with Gasteiger partial charge in [0.05, 0.1) is 5.69 Å². The Balaban J connectivity index is 2.17. The highest BCUT2D eigenvalue weighted by Gasteiger charge is 2.23. The Kier molecular flexibility index (Phi) is 6.33. The summed E-state index contributed by atoms with van der Waals surface area (Å²) in [5.74, 6) is -1.21. The second-order valence-electron chi connectivity index (χ2n) is 5.09. The SMILES string of the molecule is CSCC[C@H](NC(=O)c1sc(-c2ccc(F)cc2)nc1C)C(=O)O. The standard InChI is InChI=1S/C16H17FN2O3S2/c1-9-13(14(20)19-12(16(21)22)7-8-23-2)24-15(18-9)10-3-5-11(17)6-4-10/h3-6,12H,7-8H2,1-2H3,(H,19,20)(H,21,22)/t12-/m0/s1. The van der Waals surface area contributed by atoms with Crippen molar-refractivity contribution in [2.75, 3.05) is 12.0 Å². The number of aryl methyl sites for hydroxylation is 1. The molecule has 8 heteroatoms. The van der Waals surface area contributed by atoms with Gasteiger partial charge in [-0.25, -0.2) is 14.2 Å². The molecule has 0 fully saturated rings. The fourth-order valence-corrected chi connectivity index (χ4v) is 3.49. The van der Waals surface area contributed by atoms with Crippen molar-refractivity contribution in [2.24, 2.45) is 0 Å². The molecule has 0 aliphatic carbocycles. The predicted molar refractivity (Wildman–Crippen MR) is 94.1 cm³/mol. The highest BCUT2D eigenvalue weighted by atomic mass is 32.2. The van der Waals surface area contributed by atoms with Crippen molar-refractivity contribution in [1.29, 1.82) is 0 Å². The van der Waals surface area contributed by atoms with Gasteiger partial charge in [0.1, 0.15) is 21.7 Å². The van der Waals surface area contributed by atoms with Crippen LogP contribution in [0.5, 0.6) is 0 Å². The van der Waals surface area contributed by atoms with Crippen LogP contribution in [-0.2, 0) is 4.79 Å². The van der Waals surface area contributed by atoms with Crippen LogP contribution in [-0.4, -0.2) is 40.0 Å². The third kappa shape index (κ3) is 4.55. The number of aromatic nitrogens is 1. The second kappa shape index (κ2) is 8.25. The van der Waals surface area contributed by atoms with Gasteiger partial charge in [0.25, 0.3) is 5.91 Å². The van der Waals surface area contributed by atoms with E-state index < -0.39 is 17.9 Å². The van der Waals surface area contributed by atoms with E-state index >= 15 is 0 Å². The van der Waals surface area contributed by atoms with Crippen molar-refractivity contribution in [3.8, 4) is 10.6 Å². The number of carbonyl (C=O) groups is 2. The van der Waals surface area contributed by atoms with E-state index in [1.807, 2.05) is 6.26 Å². The predicted octanol–water partition coefficient (Wildman–Crippen LogP) is 3.19. The minimum absolute atomic E-state index is 0.344. The van der Waals surface area contributed by atoms with E-state index in [9.17, 15) is 19.1 Å². The first-order valence-corrected chi connectivity index (χ1v) is 9.39. The maximum absolute atomic E-state index is 13.0. The van der Waals surface area contributed by atoms with Gasteiger partial charge < -0.3 is 10.4 Å². The van der Waals surface area contributed by atoms with Crippen LogP contribution in [0.4, 0.5) is 4.39 Å². The van der Waals surface area contributed by atoms with Crippen LogP contribution in [0.15, 0.2) is 24.3 Å². The summed E-state index contributed by atoms with van der Waals surface area (Å²) in [4.78, 5) is 28.3. The molecule has 128 valence electrons. The van der Waals surface area contributed by atoms with Crippen LogP contribution >= 0.6 is 23.1 Å². The Morgan fingerprint density at radius 3 is 2.62 bits per heavy atom. The zero-order chi connectivity index (χ0) is 17.7. The average molecular weight is 368 g/mol. The van der Waals surface area contributed by atoms with E-state index in [0.717, 1.165) is 11.3 Å². The van der Waals surface area contributed by atoms with Crippen LogP contribution in [0, 0.1) is 12.7 Å². The number of thiazole rings is 1. The first kappa shape index (κ1) is 18.4. The van der Waals surface area contributed by atoms with Crippen LogP contribution in [0.2, 0.25) is 0 Å². The molecule has 0 spiro atoms. The molecule has 1 aromatic carbocycles. The minimum Gasteiger partial charge on any atom is -0.480 e. The highest BCUT2D eigenvalue weighted by Crippen LogP contribution is 2.28. The van der Waals surface area contributed by atoms with Gasteiger partial charge >= 0.3 is 5.97 Å². The maximum atomic E-state index is 13.0.